The number of hydrogen-bond donors (Lipinski definition) is 2. The van der Waals surface area contributed by atoms with Gasteiger partial charge in [0.1, 0.15) is 0 Å². The molecule has 2 heterocycles. The van der Waals surface area contributed by atoms with Crippen LogP contribution < -0.4 is 0 Å². The zero-order valence-electron chi connectivity index (χ0n) is 15.6. The highest BCUT2D eigenvalue weighted by Crippen LogP contribution is 2.19. The maximum absolute atomic E-state index is 11.1. The molecule has 2 saturated heterocycles. The van der Waals surface area contributed by atoms with Crippen molar-refractivity contribution in [1.82, 2.24) is 9.80 Å². The second kappa shape index (κ2) is 9.25. The maximum Gasteiger partial charge on any atom is 0.296 e. The molecule has 1 unspecified atom stereocenters. The second-order valence-electron chi connectivity index (χ2n) is 7.13. The SMILES string of the molecule is C=C(/C=C\C(=C(C)C)C(O)S(=O)(=O)O)CCN1CC(N2CCOCC2)C1. The maximum atomic E-state index is 11.1. The standard InChI is InChI=1S/C18H30N2O5S/c1-14(2)17(18(21)26(22,23)24)5-4-15(3)6-7-19-12-16(13-19)20-8-10-25-11-9-20/h4-5,16,18,21H,3,6-13H2,1-2H3,(H,22,23,24)/b5-4-. The van der Waals surface area contributed by atoms with Crippen LogP contribution in [0.15, 0.2) is 35.5 Å². The Kier molecular flexibility index (Phi) is 7.57. The van der Waals surface area contributed by atoms with Gasteiger partial charge in [0.2, 0.25) is 5.44 Å². The molecule has 0 aliphatic carbocycles. The van der Waals surface area contributed by atoms with Crippen molar-refractivity contribution in [1.29, 1.82) is 0 Å². The van der Waals surface area contributed by atoms with E-state index in [4.69, 9.17) is 9.29 Å². The number of morpholine rings is 1. The zero-order chi connectivity index (χ0) is 19.3. The van der Waals surface area contributed by atoms with E-state index >= 15 is 0 Å². The van der Waals surface area contributed by atoms with E-state index < -0.39 is 15.6 Å². The summed E-state index contributed by atoms with van der Waals surface area (Å²) in [4.78, 5) is 4.85. The van der Waals surface area contributed by atoms with Crippen molar-refractivity contribution in [2.75, 3.05) is 45.9 Å². The largest absolute Gasteiger partial charge is 0.379 e. The predicted molar refractivity (Wildman–Crippen MR) is 101 cm³/mol. The predicted octanol–water partition coefficient (Wildman–Crippen LogP) is 1.05. The first-order valence-electron chi connectivity index (χ1n) is 8.90. The molecule has 7 nitrogen and oxygen atoms in total. The average Bonchev–Trinajstić information content (AvgIpc) is 2.53. The Morgan fingerprint density at radius 2 is 1.88 bits per heavy atom. The summed E-state index contributed by atoms with van der Waals surface area (Å²) in [5.74, 6) is 0. The lowest BCUT2D eigenvalue weighted by atomic mass is 10.0. The van der Waals surface area contributed by atoms with Crippen molar-refractivity contribution in [3.8, 4) is 0 Å². The van der Waals surface area contributed by atoms with E-state index in [1.807, 2.05) is 0 Å². The number of aliphatic hydroxyl groups excluding tert-OH is 1. The average molecular weight is 387 g/mol. The summed E-state index contributed by atoms with van der Waals surface area (Å²) < 4.78 is 36.7. The summed E-state index contributed by atoms with van der Waals surface area (Å²) in [7, 11) is -4.54. The Morgan fingerprint density at radius 3 is 2.42 bits per heavy atom. The lowest BCUT2D eigenvalue weighted by Gasteiger charge is -2.46. The number of rotatable bonds is 8. The van der Waals surface area contributed by atoms with Crippen LogP contribution in [0.1, 0.15) is 20.3 Å². The summed E-state index contributed by atoms with van der Waals surface area (Å²) in [5, 5.41) is 9.75. The van der Waals surface area contributed by atoms with Gasteiger partial charge < -0.3 is 9.84 Å². The van der Waals surface area contributed by atoms with Gasteiger partial charge >= 0.3 is 0 Å². The summed E-state index contributed by atoms with van der Waals surface area (Å²) in [5.41, 5.74) is -0.289. The molecule has 0 saturated carbocycles. The lowest BCUT2D eigenvalue weighted by molar-refractivity contribution is -0.0315. The third-order valence-electron chi connectivity index (χ3n) is 4.87. The molecule has 0 bridgehead atoms. The minimum atomic E-state index is -4.54. The molecule has 1 atom stereocenters. The molecule has 8 heteroatoms. The second-order valence-corrected chi connectivity index (χ2v) is 8.60. The molecule has 0 amide bonds. The van der Waals surface area contributed by atoms with Gasteiger partial charge in [-0.3, -0.25) is 14.4 Å². The lowest BCUT2D eigenvalue weighted by Crippen LogP contribution is -2.61. The van der Waals surface area contributed by atoms with E-state index in [0.29, 0.717) is 11.6 Å². The van der Waals surface area contributed by atoms with Crippen molar-refractivity contribution >= 4 is 10.1 Å². The Morgan fingerprint density at radius 1 is 1.27 bits per heavy atom. The Bertz CT molecular complexity index is 655. The highest BCUT2D eigenvalue weighted by atomic mass is 32.2. The van der Waals surface area contributed by atoms with Crippen LogP contribution in [0.3, 0.4) is 0 Å². The molecule has 2 N–H and O–H groups in total. The van der Waals surface area contributed by atoms with Gasteiger partial charge in [0.05, 0.1) is 13.2 Å². The van der Waals surface area contributed by atoms with Gasteiger partial charge in [-0.25, -0.2) is 0 Å². The minimum Gasteiger partial charge on any atom is -0.379 e. The highest BCUT2D eigenvalue weighted by Gasteiger charge is 2.32. The molecule has 0 spiro atoms. The van der Waals surface area contributed by atoms with Crippen LogP contribution in [0.5, 0.6) is 0 Å². The van der Waals surface area contributed by atoms with Crippen LogP contribution in [0.2, 0.25) is 0 Å². The number of ether oxygens (including phenoxy) is 1. The minimum absolute atomic E-state index is 0.171. The van der Waals surface area contributed by atoms with Gasteiger partial charge in [0, 0.05) is 38.8 Å². The summed E-state index contributed by atoms with van der Waals surface area (Å²) in [6, 6.07) is 0.616. The van der Waals surface area contributed by atoms with Crippen LogP contribution >= 0.6 is 0 Å². The molecular formula is C18H30N2O5S. The van der Waals surface area contributed by atoms with Gasteiger partial charge in [0.25, 0.3) is 10.1 Å². The number of likely N-dealkylation sites (tertiary alicyclic amines) is 1. The van der Waals surface area contributed by atoms with E-state index in [9.17, 15) is 13.5 Å². The normalized spacial score (nSPS) is 21.5. The van der Waals surface area contributed by atoms with Crippen molar-refractivity contribution in [2.45, 2.75) is 31.7 Å². The fraction of sp³-hybridized carbons (Fsp3) is 0.667. The van der Waals surface area contributed by atoms with Gasteiger partial charge in [-0.1, -0.05) is 29.9 Å². The van der Waals surface area contributed by atoms with E-state index in [2.05, 4.69) is 16.4 Å². The molecule has 0 aromatic rings. The topological polar surface area (TPSA) is 90.3 Å². The fourth-order valence-electron chi connectivity index (χ4n) is 3.15. The van der Waals surface area contributed by atoms with E-state index in [-0.39, 0.29) is 5.57 Å². The van der Waals surface area contributed by atoms with E-state index in [0.717, 1.165) is 57.9 Å². The Hall–Kier alpha value is -1.03. The zero-order valence-corrected chi connectivity index (χ0v) is 16.4. The first-order valence-corrected chi connectivity index (χ1v) is 10.4. The molecule has 0 aromatic heterocycles. The third kappa shape index (κ3) is 6.00. The quantitative estimate of drug-likeness (QED) is 0.476. The fourth-order valence-corrected chi connectivity index (χ4v) is 3.78. The van der Waals surface area contributed by atoms with Gasteiger partial charge in [-0.15, -0.1) is 0 Å². The van der Waals surface area contributed by atoms with Gasteiger partial charge in [-0.05, 0) is 25.8 Å². The van der Waals surface area contributed by atoms with Crippen LogP contribution in [0, 0.1) is 0 Å². The molecule has 0 radical (unpaired) electrons. The molecule has 2 fully saturated rings. The molecule has 0 aromatic carbocycles. The van der Waals surface area contributed by atoms with E-state index in [1.54, 1.807) is 19.9 Å². The van der Waals surface area contributed by atoms with Crippen LogP contribution in [-0.2, 0) is 14.9 Å². The molecule has 148 valence electrons. The first-order chi connectivity index (χ1) is 12.2. The number of aliphatic hydroxyl groups is 1. The summed E-state index contributed by atoms with van der Waals surface area (Å²) in [6.45, 7) is 14.0. The van der Waals surface area contributed by atoms with Crippen LogP contribution in [0.25, 0.3) is 0 Å². The smallest absolute Gasteiger partial charge is 0.296 e. The van der Waals surface area contributed by atoms with E-state index in [1.165, 1.54) is 6.08 Å². The van der Waals surface area contributed by atoms with Crippen molar-refractivity contribution in [3.05, 3.63) is 35.5 Å². The van der Waals surface area contributed by atoms with Gasteiger partial charge in [-0.2, -0.15) is 8.42 Å². The number of hydrogen-bond acceptors (Lipinski definition) is 6. The number of nitrogens with zero attached hydrogens (tertiary/aromatic N) is 2. The Labute approximate surface area is 156 Å². The molecular weight excluding hydrogens is 356 g/mol. The van der Waals surface area contributed by atoms with Crippen LogP contribution in [-0.4, -0.2) is 85.3 Å². The Balaban J connectivity index is 1.76. The first kappa shape index (κ1) is 21.3. The van der Waals surface area contributed by atoms with Crippen molar-refractivity contribution in [2.24, 2.45) is 0 Å². The summed E-state index contributed by atoms with van der Waals surface area (Å²) in [6.07, 6.45) is 3.99. The van der Waals surface area contributed by atoms with Crippen molar-refractivity contribution < 1.29 is 22.8 Å². The number of allylic oxidation sites excluding steroid dienone is 2. The molecule has 26 heavy (non-hydrogen) atoms. The van der Waals surface area contributed by atoms with Gasteiger partial charge in [0.15, 0.2) is 0 Å². The van der Waals surface area contributed by atoms with Crippen molar-refractivity contribution in [3.63, 3.8) is 0 Å². The third-order valence-corrected chi connectivity index (χ3v) is 5.69. The monoisotopic (exact) mass is 386 g/mol. The molecule has 2 rings (SSSR count). The molecule has 2 aliphatic heterocycles. The highest BCUT2D eigenvalue weighted by molar-refractivity contribution is 7.86. The van der Waals surface area contributed by atoms with Crippen LogP contribution in [0.4, 0.5) is 0 Å². The summed E-state index contributed by atoms with van der Waals surface area (Å²) >= 11 is 0. The molecule has 2 aliphatic rings.